The van der Waals surface area contributed by atoms with Gasteiger partial charge in [0.15, 0.2) is 5.58 Å². The summed E-state index contributed by atoms with van der Waals surface area (Å²) in [4.78, 5) is 4.37. The van der Waals surface area contributed by atoms with E-state index >= 15 is 0 Å². The van der Waals surface area contributed by atoms with Crippen molar-refractivity contribution in [3.05, 3.63) is 30.5 Å². The third-order valence-corrected chi connectivity index (χ3v) is 2.45. The summed E-state index contributed by atoms with van der Waals surface area (Å²) in [6.07, 6.45) is 1.71. The van der Waals surface area contributed by atoms with Crippen LogP contribution in [0.15, 0.2) is 34.9 Å². The molecular weight excluding hydrogens is 204 g/mol. The highest BCUT2D eigenvalue weighted by Crippen LogP contribution is 2.24. The van der Waals surface area contributed by atoms with E-state index in [1.807, 2.05) is 19.2 Å². The molecule has 2 aromatic heterocycles. The van der Waals surface area contributed by atoms with Crippen molar-refractivity contribution in [1.29, 1.82) is 0 Å². The van der Waals surface area contributed by atoms with E-state index in [-0.39, 0.29) is 0 Å². The number of hydrogen-bond acceptors (Lipinski definition) is 4. The summed E-state index contributed by atoms with van der Waals surface area (Å²) in [5, 5.41) is 4.07. The number of nitrogens with zero attached hydrogens (tertiary/aromatic N) is 3. The predicted molar refractivity (Wildman–Crippen MR) is 60.6 cm³/mol. The number of hydrogen-bond donors (Lipinski definition) is 1. The fraction of sp³-hybridized carbons (Fsp3) is 0.0909. The van der Waals surface area contributed by atoms with Crippen LogP contribution in [0.4, 0.5) is 5.69 Å². The van der Waals surface area contributed by atoms with E-state index < -0.39 is 0 Å². The number of fused-ring (bicyclic) bond motifs is 1. The number of nitrogens with two attached hydrogens (primary N) is 1. The van der Waals surface area contributed by atoms with E-state index in [9.17, 15) is 0 Å². The van der Waals surface area contributed by atoms with E-state index in [4.69, 9.17) is 10.2 Å². The molecule has 0 aliphatic heterocycles. The Morgan fingerprint density at radius 1 is 1.31 bits per heavy atom. The molecule has 80 valence electrons. The van der Waals surface area contributed by atoms with Crippen molar-refractivity contribution in [2.75, 3.05) is 5.73 Å². The summed E-state index contributed by atoms with van der Waals surface area (Å²) in [6, 6.07) is 7.27. The lowest BCUT2D eigenvalue weighted by Gasteiger charge is -1.93. The zero-order valence-corrected chi connectivity index (χ0v) is 8.71. The second-order valence-corrected chi connectivity index (χ2v) is 3.59. The molecule has 3 aromatic rings. The largest absolute Gasteiger partial charge is 0.435 e. The van der Waals surface area contributed by atoms with Crippen LogP contribution in [0.5, 0.6) is 0 Å². The SMILES string of the molecule is Cn1nccc1-c1nc2ccc(N)cc2o1. The lowest BCUT2D eigenvalue weighted by atomic mass is 10.3. The standard InChI is InChI=1S/C11H10N4O/c1-15-9(4-5-13-15)11-14-8-3-2-7(12)6-10(8)16-11/h2-6H,12H2,1H3. The highest BCUT2D eigenvalue weighted by molar-refractivity contribution is 5.78. The molecule has 3 rings (SSSR count). The van der Waals surface area contributed by atoms with Crippen molar-refractivity contribution in [2.24, 2.45) is 7.05 Å². The molecule has 0 bridgehead atoms. The second kappa shape index (κ2) is 3.10. The normalized spacial score (nSPS) is 11.1. The summed E-state index contributed by atoms with van der Waals surface area (Å²) < 4.78 is 7.34. The molecule has 16 heavy (non-hydrogen) atoms. The van der Waals surface area contributed by atoms with Gasteiger partial charge in [0.1, 0.15) is 11.2 Å². The monoisotopic (exact) mass is 214 g/mol. The summed E-state index contributed by atoms with van der Waals surface area (Å²) >= 11 is 0. The van der Waals surface area contributed by atoms with Crippen molar-refractivity contribution in [3.63, 3.8) is 0 Å². The van der Waals surface area contributed by atoms with Crippen molar-refractivity contribution < 1.29 is 4.42 Å². The molecule has 0 fully saturated rings. The molecular formula is C11H10N4O. The van der Waals surface area contributed by atoms with Crippen LogP contribution in [0.2, 0.25) is 0 Å². The molecule has 0 aliphatic carbocycles. The maximum atomic E-state index is 5.68. The summed E-state index contributed by atoms with van der Waals surface area (Å²) in [6.45, 7) is 0. The Bertz CT molecular complexity index is 653. The third kappa shape index (κ3) is 1.25. The molecule has 0 atom stereocenters. The average molecular weight is 214 g/mol. The zero-order valence-electron chi connectivity index (χ0n) is 8.71. The van der Waals surface area contributed by atoms with Crippen LogP contribution in [-0.4, -0.2) is 14.8 Å². The van der Waals surface area contributed by atoms with Crippen molar-refractivity contribution in [2.45, 2.75) is 0 Å². The Balaban J connectivity index is 2.23. The number of rotatable bonds is 1. The first-order valence-corrected chi connectivity index (χ1v) is 4.88. The number of anilines is 1. The molecule has 0 saturated heterocycles. The highest BCUT2D eigenvalue weighted by atomic mass is 16.3. The summed E-state index contributed by atoms with van der Waals surface area (Å²) in [5.41, 5.74) is 8.67. The van der Waals surface area contributed by atoms with Gasteiger partial charge in [0, 0.05) is 25.0 Å². The maximum absolute atomic E-state index is 5.68. The topological polar surface area (TPSA) is 69.9 Å². The lowest BCUT2D eigenvalue weighted by molar-refractivity contribution is 0.606. The molecule has 5 nitrogen and oxygen atoms in total. The Labute approximate surface area is 91.5 Å². The van der Waals surface area contributed by atoms with E-state index in [1.165, 1.54) is 0 Å². The quantitative estimate of drug-likeness (QED) is 0.627. The smallest absolute Gasteiger partial charge is 0.245 e. The minimum atomic E-state index is 0.556. The van der Waals surface area contributed by atoms with Gasteiger partial charge in [-0.25, -0.2) is 4.98 Å². The van der Waals surface area contributed by atoms with E-state index in [0.29, 0.717) is 17.2 Å². The van der Waals surface area contributed by atoms with E-state index in [1.54, 1.807) is 23.0 Å². The molecule has 2 N–H and O–H groups in total. The van der Waals surface area contributed by atoms with Crippen LogP contribution in [0.3, 0.4) is 0 Å². The number of oxazole rings is 1. The van der Waals surface area contributed by atoms with E-state index in [0.717, 1.165) is 11.2 Å². The van der Waals surface area contributed by atoms with Crippen LogP contribution < -0.4 is 5.73 Å². The van der Waals surface area contributed by atoms with Gasteiger partial charge in [0.05, 0.1) is 0 Å². The van der Waals surface area contributed by atoms with Crippen molar-refractivity contribution in [1.82, 2.24) is 14.8 Å². The van der Waals surface area contributed by atoms with E-state index in [2.05, 4.69) is 10.1 Å². The number of benzene rings is 1. The van der Waals surface area contributed by atoms with Crippen LogP contribution in [-0.2, 0) is 7.05 Å². The van der Waals surface area contributed by atoms with Gasteiger partial charge in [-0.3, -0.25) is 4.68 Å². The first-order valence-electron chi connectivity index (χ1n) is 4.88. The number of aromatic nitrogens is 3. The summed E-state index contributed by atoms with van der Waals surface area (Å²) in [7, 11) is 1.85. The van der Waals surface area contributed by atoms with Gasteiger partial charge in [-0.2, -0.15) is 5.10 Å². The molecule has 0 radical (unpaired) electrons. The van der Waals surface area contributed by atoms with Gasteiger partial charge in [-0.15, -0.1) is 0 Å². The molecule has 1 aromatic carbocycles. The molecule has 0 spiro atoms. The minimum Gasteiger partial charge on any atom is -0.435 e. The first-order chi connectivity index (χ1) is 7.74. The van der Waals surface area contributed by atoms with Gasteiger partial charge in [-0.1, -0.05) is 0 Å². The lowest BCUT2D eigenvalue weighted by Crippen LogP contribution is -1.92. The second-order valence-electron chi connectivity index (χ2n) is 3.59. The zero-order chi connectivity index (χ0) is 11.1. The van der Waals surface area contributed by atoms with Crippen LogP contribution in [0.1, 0.15) is 0 Å². The maximum Gasteiger partial charge on any atom is 0.245 e. The van der Waals surface area contributed by atoms with Crippen LogP contribution in [0, 0.1) is 0 Å². The van der Waals surface area contributed by atoms with Crippen molar-refractivity contribution in [3.8, 4) is 11.6 Å². The Hall–Kier alpha value is -2.30. The highest BCUT2D eigenvalue weighted by Gasteiger charge is 2.10. The van der Waals surface area contributed by atoms with Gasteiger partial charge in [0.2, 0.25) is 5.89 Å². The van der Waals surface area contributed by atoms with Crippen LogP contribution >= 0.6 is 0 Å². The Morgan fingerprint density at radius 2 is 2.19 bits per heavy atom. The molecule has 0 saturated carbocycles. The fourth-order valence-corrected chi connectivity index (χ4v) is 1.63. The number of nitrogen functional groups attached to an aromatic ring is 1. The molecule has 5 heteroatoms. The Kier molecular flexibility index (Phi) is 1.73. The van der Waals surface area contributed by atoms with Crippen molar-refractivity contribution >= 4 is 16.8 Å². The van der Waals surface area contributed by atoms with Gasteiger partial charge in [0.25, 0.3) is 0 Å². The molecule has 0 aliphatic rings. The predicted octanol–water partition coefficient (Wildman–Crippen LogP) is 1.81. The first kappa shape index (κ1) is 8.96. The summed E-state index contributed by atoms with van der Waals surface area (Å²) in [5.74, 6) is 0.556. The van der Waals surface area contributed by atoms with Gasteiger partial charge >= 0.3 is 0 Å². The molecule has 2 heterocycles. The van der Waals surface area contributed by atoms with Crippen LogP contribution in [0.25, 0.3) is 22.7 Å². The molecule has 0 amide bonds. The third-order valence-electron chi connectivity index (χ3n) is 2.45. The average Bonchev–Trinajstić information content (AvgIpc) is 2.82. The van der Waals surface area contributed by atoms with Gasteiger partial charge in [-0.05, 0) is 18.2 Å². The minimum absolute atomic E-state index is 0.556. The molecule has 0 unspecified atom stereocenters. The Morgan fingerprint density at radius 3 is 2.94 bits per heavy atom. The number of aryl methyl sites for hydroxylation is 1. The fourth-order valence-electron chi connectivity index (χ4n) is 1.63. The van der Waals surface area contributed by atoms with Gasteiger partial charge < -0.3 is 10.2 Å².